The van der Waals surface area contributed by atoms with Crippen molar-refractivity contribution in [2.45, 2.75) is 31.8 Å². The highest BCUT2D eigenvalue weighted by atomic mass is 32.2. The van der Waals surface area contributed by atoms with Crippen molar-refractivity contribution in [3.05, 3.63) is 66.0 Å². The van der Waals surface area contributed by atoms with Crippen LogP contribution in [-0.4, -0.2) is 53.9 Å². The van der Waals surface area contributed by atoms with Gasteiger partial charge in [0.05, 0.1) is 12.3 Å². The van der Waals surface area contributed by atoms with Gasteiger partial charge in [0.15, 0.2) is 0 Å². The number of hydrogen-bond donors (Lipinski definition) is 0. The van der Waals surface area contributed by atoms with E-state index >= 15 is 0 Å². The zero-order chi connectivity index (χ0) is 19.3. The fraction of sp³-hybridized carbons (Fsp3) is 0.400. The van der Waals surface area contributed by atoms with Gasteiger partial charge in [0.25, 0.3) is 0 Å². The van der Waals surface area contributed by atoms with E-state index in [1.807, 2.05) is 24.3 Å². The third kappa shape index (κ3) is 5.37. The van der Waals surface area contributed by atoms with Crippen molar-refractivity contribution < 1.29 is 13.2 Å². The Balaban J connectivity index is 1.49. The number of carbonyl (C=O) groups excluding carboxylic acids is 1. The van der Waals surface area contributed by atoms with Crippen LogP contribution in [0.5, 0.6) is 0 Å². The van der Waals surface area contributed by atoms with E-state index in [1.54, 1.807) is 23.4 Å². The average molecular weight is 388 g/mol. The summed E-state index contributed by atoms with van der Waals surface area (Å²) in [6.07, 6.45) is 6.71. The predicted octanol–water partition coefficient (Wildman–Crippen LogP) is 2.08. The molecule has 144 valence electrons. The first-order valence-corrected chi connectivity index (χ1v) is 11.0. The predicted molar refractivity (Wildman–Crippen MR) is 104 cm³/mol. The maximum atomic E-state index is 12.3. The highest BCUT2D eigenvalue weighted by Crippen LogP contribution is 2.21. The maximum absolute atomic E-state index is 12.3. The number of hydrogen-bond acceptors (Lipinski definition) is 4. The van der Waals surface area contributed by atoms with Crippen molar-refractivity contribution >= 4 is 15.9 Å². The Labute approximate surface area is 160 Å². The minimum atomic E-state index is -3.36. The topological polar surface area (TPSA) is 70.6 Å². The normalized spacial score (nSPS) is 15.0. The fourth-order valence-corrected chi connectivity index (χ4v) is 4.33. The monoisotopic (exact) mass is 387 g/mol. The number of aromatic nitrogens is 1. The molecule has 6 nitrogen and oxygen atoms in total. The Kier molecular flexibility index (Phi) is 6.23. The van der Waals surface area contributed by atoms with Gasteiger partial charge in [-0.05, 0) is 30.0 Å². The number of pyridine rings is 1. The molecular formula is C20H25N3O3S. The molecule has 1 fully saturated rings. The van der Waals surface area contributed by atoms with Gasteiger partial charge in [0.2, 0.25) is 15.9 Å². The molecule has 27 heavy (non-hydrogen) atoms. The maximum Gasteiger partial charge on any atom is 0.222 e. The van der Waals surface area contributed by atoms with Gasteiger partial charge >= 0.3 is 0 Å². The smallest absolute Gasteiger partial charge is 0.222 e. The highest BCUT2D eigenvalue weighted by molar-refractivity contribution is 7.88. The summed E-state index contributed by atoms with van der Waals surface area (Å²) >= 11 is 0. The number of carbonyl (C=O) groups is 1. The summed E-state index contributed by atoms with van der Waals surface area (Å²) in [7, 11) is -3.36. The van der Waals surface area contributed by atoms with E-state index in [9.17, 15) is 13.2 Å². The highest BCUT2D eigenvalue weighted by Gasteiger charge is 2.38. The lowest BCUT2D eigenvalue weighted by atomic mass is 10.0. The number of nitrogens with zero attached hydrogens (tertiary/aromatic N) is 3. The van der Waals surface area contributed by atoms with Crippen LogP contribution in [0.15, 0.2) is 54.9 Å². The fourth-order valence-electron chi connectivity index (χ4n) is 3.28. The molecule has 1 aromatic carbocycles. The SMILES string of the molecule is CS(=O)(=O)N(Cc1cccnc1)C1CN(C(=O)CCCc2ccccc2)C1. The molecule has 0 spiro atoms. The van der Waals surface area contributed by atoms with Gasteiger partial charge in [0, 0.05) is 38.4 Å². The zero-order valence-electron chi connectivity index (χ0n) is 15.5. The molecule has 2 aromatic rings. The first-order chi connectivity index (χ1) is 12.9. The standard InChI is InChI=1S/C20H25N3O3S/c1-27(25,26)23(14-18-10-6-12-21-13-18)19-15-22(16-19)20(24)11-5-9-17-7-3-2-4-8-17/h2-4,6-8,10,12-13,19H,5,9,11,14-16H2,1H3. The molecule has 1 aliphatic heterocycles. The van der Waals surface area contributed by atoms with Gasteiger partial charge in [-0.1, -0.05) is 36.4 Å². The van der Waals surface area contributed by atoms with Crippen LogP contribution in [0.2, 0.25) is 0 Å². The van der Waals surface area contributed by atoms with Crippen molar-refractivity contribution in [1.82, 2.24) is 14.2 Å². The molecule has 0 N–H and O–H groups in total. The van der Waals surface area contributed by atoms with E-state index < -0.39 is 10.0 Å². The molecule has 0 aliphatic carbocycles. The lowest BCUT2D eigenvalue weighted by Gasteiger charge is -2.44. The molecule has 0 saturated carbocycles. The summed E-state index contributed by atoms with van der Waals surface area (Å²) in [5.41, 5.74) is 2.07. The first kappa shape index (κ1) is 19.5. The van der Waals surface area contributed by atoms with Gasteiger partial charge in [0.1, 0.15) is 0 Å². The third-order valence-electron chi connectivity index (χ3n) is 4.81. The molecule has 2 heterocycles. The van der Waals surface area contributed by atoms with Crippen LogP contribution in [0.3, 0.4) is 0 Å². The van der Waals surface area contributed by atoms with E-state index in [-0.39, 0.29) is 18.5 Å². The van der Waals surface area contributed by atoms with E-state index in [2.05, 4.69) is 17.1 Å². The van der Waals surface area contributed by atoms with Gasteiger partial charge < -0.3 is 4.90 Å². The number of amides is 1. The summed E-state index contributed by atoms with van der Waals surface area (Å²) in [6, 6.07) is 13.6. The van der Waals surface area contributed by atoms with Crippen LogP contribution < -0.4 is 0 Å². The quantitative estimate of drug-likeness (QED) is 0.695. The molecule has 0 radical (unpaired) electrons. The first-order valence-electron chi connectivity index (χ1n) is 9.11. The van der Waals surface area contributed by atoms with Crippen LogP contribution in [-0.2, 0) is 27.8 Å². The second kappa shape index (κ2) is 8.63. The van der Waals surface area contributed by atoms with Crippen LogP contribution in [0.4, 0.5) is 0 Å². The Morgan fingerprint density at radius 2 is 1.85 bits per heavy atom. The molecule has 3 rings (SSSR count). The van der Waals surface area contributed by atoms with E-state index in [1.165, 1.54) is 16.1 Å². The molecule has 0 bridgehead atoms. The minimum absolute atomic E-state index is 0.0945. The number of rotatable bonds is 8. The second-order valence-electron chi connectivity index (χ2n) is 6.96. The van der Waals surface area contributed by atoms with Gasteiger partial charge in [-0.3, -0.25) is 9.78 Å². The lowest BCUT2D eigenvalue weighted by molar-refractivity contribution is -0.137. The van der Waals surface area contributed by atoms with E-state index in [0.29, 0.717) is 19.5 Å². The summed E-state index contributed by atoms with van der Waals surface area (Å²) < 4.78 is 25.8. The Hall–Kier alpha value is -2.25. The minimum Gasteiger partial charge on any atom is -0.339 e. The van der Waals surface area contributed by atoms with E-state index in [4.69, 9.17) is 0 Å². The van der Waals surface area contributed by atoms with Gasteiger partial charge in [-0.15, -0.1) is 0 Å². The summed E-state index contributed by atoms with van der Waals surface area (Å²) in [4.78, 5) is 18.1. The van der Waals surface area contributed by atoms with Crippen molar-refractivity contribution in [3.8, 4) is 0 Å². The Bertz CT molecular complexity index is 851. The second-order valence-corrected chi connectivity index (χ2v) is 8.90. The molecule has 7 heteroatoms. The van der Waals surface area contributed by atoms with Gasteiger partial charge in [-0.25, -0.2) is 8.42 Å². The van der Waals surface area contributed by atoms with Crippen LogP contribution in [0.25, 0.3) is 0 Å². The lowest BCUT2D eigenvalue weighted by Crippen LogP contribution is -2.61. The Morgan fingerprint density at radius 1 is 1.15 bits per heavy atom. The molecule has 1 amide bonds. The molecular weight excluding hydrogens is 362 g/mol. The Morgan fingerprint density at radius 3 is 2.48 bits per heavy atom. The summed E-state index contributed by atoms with van der Waals surface area (Å²) in [5, 5.41) is 0. The van der Waals surface area contributed by atoms with Crippen molar-refractivity contribution in [2.24, 2.45) is 0 Å². The van der Waals surface area contributed by atoms with E-state index in [0.717, 1.165) is 18.4 Å². The third-order valence-corrected chi connectivity index (χ3v) is 6.09. The zero-order valence-corrected chi connectivity index (χ0v) is 16.3. The summed E-state index contributed by atoms with van der Waals surface area (Å²) in [6.45, 7) is 1.20. The molecule has 0 unspecified atom stereocenters. The van der Waals surface area contributed by atoms with Crippen molar-refractivity contribution in [2.75, 3.05) is 19.3 Å². The molecule has 1 saturated heterocycles. The van der Waals surface area contributed by atoms with Crippen LogP contribution in [0.1, 0.15) is 24.0 Å². The molecule has 1 aliphatic rings. The largest absolute Gasteiger partial charge is 0.339 e. The number of benzene rings is 1. The van der Waals surface area contributed by atoms with Crippen molar-refractivity contribution in [3.63, 3.8) is 0 Å². The molecule has 0 atom stereocenters. The number of sulfonamides is 1. The molecule has 1 aromatic heterocycles. The van der Waals surface area contributed by atoms with Crippen LogP contribution in [0, 0.1) is 0 Å². The number of likely N-dealkylation sites (tertiary alicyclic amines) is 1. The van der Waals surface area contributed by atoms with Crippen molar-refractivity contribution in [1.29, 1.82) is 0 Å². The number of aryl methyl sites for hydroxylation is 1. The average Bonchev–Trinajstić information content (AvgIpc) is 2.61. The van der Waals surface area contributed by atoms with Crippen LogP contribution >= 0.6 is 0 Å². The van der Waals surface area contributed by atoms with Gasteiger partial charge in [-0.2, -0.15) is 4.31 Å². The summed E-state index contributed by atoms with van der Waals surface area (Å²) in [5.74, 6) is 0.0945.